The van der Waals surface area contributed by atoms with Crippen molar-refractivity contribution >= 4 is 29.4 Å². The molecule has 1 saturated heterocycles. The highest BCUT2D eigenvalue weighted by Gasteiger charge is 2.69. The topological polar surface area (TPSA) is 139 Å². The number of hydrogen-bond acceptors (Lipinski definition) is 5. The molecule has 1 aromatic rings. The SMILES string of the molecule is CC(C)C(=O)N[C@@H](Cc1ccccc1)C(=O)N1C[C@H]2[C@@H]([C@H]1C(=O)NC(CC1CC1)C(=O)C(N)=O)C2(C)C. The smallest absolute Gasteiger partial charge is 0.287 e. The van der Waals surface area contributed by atoms with Crippen LogP contribution in [0.4, 0.5) is 0 Å². The van der Waals surface area contributed by atoms with Crippen molar-refractivity contribution in [2.45, 2.75) is 71.5 Å². The van der Waals surface area contributed by atoms with Gasteiger partial charge in [0.1, 0.15) is 12.1 Å². The van der Waals surface area contributed by atoms with E-state index in [9.17, 15) is 24.0 Å². The second-order valence-corrected chi connectivity index (χ2v) is 11.8. The van der Waals surface area contributed by atoms with Crippen molar-refractivity contribution in [2.24, 2.45) is 34.8 Å². The maximum atomic E-state index is 13.9. The van der Waals surface area contributed by atoms with Crippen molar-refractivity contribution < 1.29 is 24.0 Å². The zero-order chi connectivity index (χ0) is 27.1. The number of primary amides is 1. The first-order valence-corrected chi connectivity index (χ1v) is 13.2. The summed E-state index contributed by atoms with van der Waals surface area (Å²) in [6, 6.07) is 6.82. The van der Waals surface area contributed by atoms with E-state index in [1.54, 1.807) is 18.7 Å². The van der Waals surface area contributed by atoms with Crippen molar-refractivity contribution in [3.8, 4) is 0 Å². The van der Waals surface area contributed by atoms with Crippen molar-refractivity contribution in [1.29, 1.82) is 0 Å². The Morgan fingerprint density at radius 1 is 1.03 bits per heavy atom. The number of piperidine rings is 1. The van der Waals surface area contributed by atoms with Gasteiger partial charge >= 0.3 is 0 Å². The fraction of sp³-hybridized carbons (Fsp3) is 0.607. The fourth-order valence-corrected chi connectivity index (χ4v) is 5.75. The van der Waals surface area contributed by atoms with Crippen LogP contribution in [0, 0.1) is 29.1 Å². The lowest BCUT2D eigenvalue weighted by Gasteiger charge is -2.34. The minimum Gasteiger partial charge on any atom is -0.363 e. The van der Waals surface area contributed by atoms with Gasteiger partial charge in [-0.1, -0.05) is 70.9 Å². The van der Waals surface area contributed by atoms with E-state index in [0.717, 1.165) is 18.4 Å². The third-order valence-electron chi connectivity index (χ3n) is 8.32. The molecule has 3 fully saturated rings. The molecular weight excluding hydrogens is 472 g/mol. The van der Waals surface area contributed by atoms with E-state index in [4.69, 9.17) is 5.73 Å². The average molecular weight is 511 g/mol. The van der Waals surface area contributed by atoms with Gasteiger partial charge in [0, 0.05) is 18.9 Å². The van der Waals surface area contributed by atoms with Crippen molar-refractivity contribution in [1.82, 2.24) is 15.5 Å². The van der Waals surface area contributed by atoms with Crippen LogP contribution in [0.5, 0.6) is 0 Å². The van der Waals surface area contributed by atoms with Gasteiger partial charge in [0.2, 0.25) is 23.5 Å². The molecule has 1 unspecified atom stereocenters. The molecule has 2 saturated carbocycles. The third kappa shape index (κ3) is 5.70. The van der Waals surface area contributed by atoms with Crippen LogP contribution in [0.2, 0.25) is 0 Å². The van der Waals surface area contributed by atoms with Gasteiger partial charge in [0.25, 0.3) is 5.91 Å². The second kappa shape index (κ2) is 10.3. The van der Waals surface area contributed by atoms with Gasteiger partial charge in [-0.2, -0.15) is 0 Å². The standard InChI is InChI=1S/C28H38N4O5/c1-15(2)25(35)31-20(13-16-8-6-5-7-9-16)27(37)32-14-18-21(28(18,3)4)22(32)26(36)30-19(12-17-10-11-17)23(33)24(29)34/h5-9,15,17-22H,10-14H2,1-4H3,(H2,29,34)(H,30,36)(H,31,35)/t18-,19?,20-,21-,22-/m0/s1. The van der Waals surface area contributed by atoms with Crippen LogP contribution in [0.3, 0.4) is 0 Å². The van der Waals surface area contributed by atoms with Gasteiger partial charge in [-0.15, -0.1) is 0 Å². The van der Waals surface area contributed by atoms with E-state index in [1.807, 2.05) is 30.3 Å². The van der Waals surface area contributed by atoms with Crippen LogP contribution in [0.25, 0.3) is 0 Å². The van der Waals surface area contributed by atoms with Gasteiger partial charge in [-0.05, 0) is 35.2 Å². The molecule has 4 N–H and O–H groups in total. The van der Waals surface area contributed by atoms with Crippen molar-refractivity contribution in [2.75, 3.05) is 6.54 Å². The Labute approximate surface area is 217 Å². The summed E-state index contributed by atoms with van der Waals surface area (Å²) in [5.74, 6) is -2.85. The monoisotopic (exact) mass is 510 g/mol. The minimum atomic E-state index is -1.07. The summed E-state index contributed by atoms with van der Waals surface area (Å²) in [4.78, 5) is 65.8. The highest BCUT2D eigenvalue weighted by molar-refractivity contribution is 6.37. The summed E-state index contributed by atoms with van der Waals surface area (Å²) in [5, 5.41) is 5.65. The van der Waals surface area contributed by atoms with Crippen LogP contribution >= 0.6 is 0 Å². The van der Waals surface area contributed by atoms with E-state index in [1.165, 1.54) is 0 Å². The molecule has 200 valence electrons. The number of benzene rings is 1. The number of amides is 4. The molecule has 0 radical (unpaired) electrons. The van der Waals surface area contributed by atoms with Crippen LogP contribution < -0.4 is 16.4 Å². The number of nitrogens with two attached hydrogens (primary N) is 1. The van der Waals surface area contributed by atoms with Gasteiger partial charge in [-0.25, -0.2) is 0 Å². The lowest BCUT2D eigenvalue weighted by atomic mass is 9.97. The summed E-state index contributed by atoms with van der Waals surface area (Å²) in [6.45, 7) is 8.07. The van der Waals surface area contributed by atoms with Crippen LogP contribution in [-0.2, 0) is 30.4 Å². The number of carbonyl (C=O) groups is 5. The summed E-state index contributed by atoms with van der Waals surface area (Å²) in [6.07, 6.45) is 2.56. The summed E-state index contributed by atoms with van der Waals surface area (Å²) in [7, 11) is 0. The first-order valence-electron chi connectivity index (χ1n) is 13.2. The molecule has 3 aliphatic rings. The number of likely N-dealkylation sites (tertiary alicyclic amines) is 1. The zero-order valence-electron chi connectivity index (χ0n) is 22.0. The molecule has 0 bridgehead atoms. The van der Waals surface area contributed by atoms with Gasteiger partial charge < -0.3 is 21.3 Å². The lowest BCUT2D eigenvalue weighted by Crippen LogP contribution is -2.58. The number of fused-ring (bicyclic) bond motifs is 1. The van der Waals surface area contributed by atoms with E-state index >= 15 is 0 Å². The predicted octanol–water partition coefficient (Wildman–Crippen LogP) is 1.19. The summed E-state index contributed by atoms with van der Waals surface area (Å²) >= 11 is 0. The molecule has 4 amide bonds. The number of ketones is 1. The largest absolute Gasteiger partial charge is 0.363 e. The second-order valence-electron chi connectivity index (χ2n) is 11.8. The molecule has 5 atom stereocenters. The lowest BCUT2D eigenvalue weighted by molar-refractivity contribution is -0.144. The molecular formula is C28H38N4O5. The highest BCUT2D eigenvalue weighted by atomic mass is 16.2. The Balaban J connectivity index is 1.57. The summed E-state index contributed by atoms with van der Waals surface area (Å²) < 4.78 is 0. The molecule has 1 heterocycles. The first-order chi connectivity index (χ1) is 17.4. The van der Waals surface area contributed by atoms with Gasteiger partial charge in [0.05, 0.1) is 6.04 Å². The Morgan fingerprint density at radius 3 is 2.24 bits per heavy atom. The van der Waals surface area contributed by atoms with Gasteiger partial charge in [0.15, 0.2) is 0 Å². The van der Waals surface area contributed by atoms with Crippen molar-refractivity contribution in [3.05, 3.63) is 35.9 Å². The quantitative estimate of drug-likeness (QED) is 0.384. The normalized spacial score (nSPS) is 25.1. The number of Topliss-reactive ketones (excluding diaryl/α,β-unsaturated/α-hetero) is 1. The number of rotatable bonds is 11. The van der Waals surface area contributed by atoms with Crippen LogP contribution in [0.1, 0.15) is 52.5 Å². The number of nitrogens with zero attached hydrogens (tertiary/aromatic N) is 1. The maximum absolute atomic E-state index is 13.9. The molecule has 9 heteroatoms. The van der Waals surface area contributed by atoms with E-state index in [2.05, 4.69) is 24.5 Å². The van der Waals surface area contributed by atoms with Crippen LogP contribution in [0.15, 0.2) is 30.3 Å². The van der Waals surface area contributed by atoms with Crippen LogP contribution in [-0.4, -0.2) is 59.0 Å². The molecule has 0 aromatic heterocycles. The minimum absolute atomic E-state index is 0.0696. The van der Waals surface area contributed by atoms with E-state index in [-0.39, 0.29) is 40.9 Å². The molecule has 2 aliphatic carbocycles. The molecule has 0 spiro atoms. The molecule has 37 heavy (non-hydrogen) atoms. The molecule has 1 aromatic carbocycles. The Bertz CT molecular complexity index is 1080. The predicted molar refractivity (Wildman–Crippen MR) is 137 cm³/mol. The molecule has 4 rings (SSSR count). The average Bonchev–Trinajstić information content (AvgIpc) is 3.70. The molecule has 1 aliphatic heterocycles. The Hall–Kier alpha value is -3.23. The Morgan fingerprint density at radius 2 is 1.68 bits per heavy atom. The fourth-order valence-electron chi connectivity index (χ4n) is 5.75. The van der Waals surface area contributed by atoms with E-state index < -0.39 is 35.7 Å². The number of carbonyl (C=O) groups excluding carboxylic acids is 5. The number of hydrogen-bond donors (Lipinski definition) is 3. The van der Waals surface area contributed by atoms with E-state index in [0.29, 0.717) is 19.4 Å². The summed E-state index contributed by atoms with van der Waals surface area (Å²) in [5.41, 5.74) is 6.02. The van der Waals surface area contributed by atoms with Crippen molar-refractivity contribution in [3.63, 3.8) is 0 Å². The van der Waals surface area contributed by atoms with Gasteiger partial charge in [-0.3, -0.25) is 24.0 Å². The third-order valence-corrected chi connectivity index (χ3v) is 8.32. The first kappa shape index (κ1) is 26.8. The number of nitrogens with one attached hydrogen (secondary N) is 2. The highest BCUT2D eigenvalue weighted by Crippen LogP contribution is 2.65. The maximum Gasteiger partial charge on any atom is 0.287 e. The zero-order valence-corrected chi connectivity index (χ0v) is 22.0. The molecule has 9 nitrogen and oxygen atoms in total. The Kier molecular flexibility index (Phi) is 7.44.